The molecular weight excluding hydrogens is 407 g/mol. The molecule has 0 bridgehead atoms. The lowest BCUT2D eigenvalue weighted by Crippen LogP contribution is -2.16. The number of benzene rings is 2. The van der Waals surface area contributed by atoms with Crippen molar-refractivity contribution in [3.05, 3.63) is 78.1 Å². The summed E-state index contributed by atoms with van der Waals surface area (Å²) in [6.07, 6.45) is 2.29. The van der Waals surface area contributed by atoms with Gasteiger partial charge in [-0.25, -0.2) is 0 Å². The van der Waals surface area contributed by atoms with Crippen molar-refractivity contribution in [2.45, 2.75) is 31.9 Å². The van der Waals surface area contributed by atoms with Gasteiger partial charge in [-0.05, 0) is 73.5 Å². The molecule has 0 saturated heterocycles. The second-order valence-electron chi connectivity index (χ2n) is 6.61. The van der Waals surface area contributed by atoms with Crippen LogP contribution in [0.25, 0.3) is 0 Å². The van der Waals surface area contributed by atoms with Crippen LogP contribution >= 0.6 is 0 Å². The summed E-state index contributed by atoms with van der Waals surface area (Å²) in [5.74, 6) is 1.05. The molecule has 0 saturated carbocycles. The summed E-state index contributed by atoms with van der Waals surface area (Å²) in [6.45, 7) is 0. The van der Waals surface area contributed by atoms with Crippen LogP contribution in [0.3, 0.4) is 0 Å². The Labute approximate surface area is 178 Å². The maximum atomic E-state index is 11.8. The number of carbonyl (C=O) groups excluding carboxylic acids is 1. The van der Waals surface area contributed by atoms with Gasteiger partial charge in [-0.15, -0.1) is 0 Å². The van der Waals surface area contributed by atoms with Crippen LogP contribution in [0.15, 0.2) is 72.5 Å². The van der Waals surface area contributed by atoms with Crippen LogP contribution in [0.2, 0.25) is 0 Å². The monoisotopic (exact) mass is 429 g/mol. The third-order valence-corrected chi connectivity index (χ3v) is 4.01. The zero-order valence-corrected chi connectivity index (χ0v) is 16.7. The third-order valence-electron chi connectivity index (χ3n) is 4.01. The van der Waals surface area contributed by atoms with Crippen LogP contribution in [0.4, 0.5) is 24.5 Å². The molecule has 0 spiro atoms. The van der Waals surface area contributed by atoms with E-state index in [2.05, 4.69) is 17.5 Å². The lowest BCUT2D eigenvalue weighted by Gasteiger charge is -2.09. The number of hydrogen-bond donors (Lipinski definition) is 2. The van der Waals surface area contributed by atoms with Gasteiger partial charge in [-0.1, -0.05) is 6.08 Å². The van der Waals surface area contributed by atoms with Gasteiger partial charge in [-0.2, -0.15) is 18.4 Å². The van der Waals surface area contributed by atoms with Gasteiger partial charge in [0.25, 0.3) is 0 Å². The largest absolute Gasteiger partial charge is 0.458 e. The molecule has 1 aliphatic carbocycles. The molecule has 0 aromatic heterocycles. The summed E-state index contributed by atoms with van der Waals surface area (Å²) in [7, 11) is 0. The molecule has 31 heavy (non-hydrogen) atoms. The number of carbonyl (C=O) groups is 1. The van der Waals surface area contributed by atoms with Crippen molar-refractivity contribution in [2.24, 2.45) is 0 Å². The number of nitrogen functional groups attached to an aromatic ring is 1. The third kappa shape index (κ3) is 9.54. The fourth-order valence-corrected chi connectivity index (χ4v) is 2.44. The van der Waals surface area contributed by atoms with Crippen molar-refractivity contribution in [2.75, 3.05) is 11.1 Å². The fourth-order valence-electron chi connectivity index (χ4n) is 2.44. The van der Waals surface area contributed by atoms with Gasteiger partial charge < -0.3 is 15.8 Å². The van der Waals surface area contributed by atoms with Gasteiger partial charge in [0, 0.05) is 17.8 Å². The predicted molar refractivity (Wildman–Crippen MR) is 113 cm³/mol. The second kappa shape index (κ2) is 11.5. The minimum atomic E-state index is -4.33. The highest BCUT2D eigenvalue weighted by Gasteiger charge is 2.27. The molecule has 0 fully saturated rings. The summed E-state index contributed by atoms with van der Waals surface area (Å²) in [5.41, 5.74) is 7.12. The van der Waals surface area contributed by atoms with Crippen LogP contribution in [0.1, 0.15) is 31.2 Å². The van der Waals surface area contributed by atoms with Gasteiger partial charge in [-0.3, -0.25) is 4.79 Å². The van der Waals surface area contributed by atoms with E-state index in [0.29, 0.717) is 11.3 Å². The molecule has 8 heteroatoms. The van der Waals surface area contributed by atoms with E-state index in [1.54, 1.807) is 0 Å². The quantitative estimate of drug-likeness (QED) is 0.595. The number of nitrogens with two attached hydrogens (primary N) is 1. The van der Waals surface area contributed by atoms with Crippen LogP contribution in [-0.2, 0) is 4.79 Å². The number of amides is 1. The summed E-state index contributed by atoms with van der Waals surface area (Å²) < 4.78 is 41.1. The number of halogens is 3. The zero-order chi connectivity index (χ0) is 22.7. The van der Waals surface area contributed by atoms with Crippen molar-refractivity contribution in [1.82, 2.24) is 0 Å². The molecule has 2 aromatic carbocycles. The number of anilines is 2. The van der Waals surface area contributed by atoms with Crippen molar-refractivity contribution in [3.8, 4) is 11.8 Å². The summed E-state index contributed by atoms with van der Waals surface area (Å²) in [6, 6.07) is 15.2. The molecule has 0 radical (unpaired) electrons. The smallest absolute Gasteiger partial charge is 0.389 e. The van der Waals surface area contributed by atoms with Crippen molar-refractivity contribution in [1.29, 1.82) is 5.26 Å². The maximum absolute atomic E-state index is 11.8. The minimum absolute atomic E-state index is 0.371. The lowest BCUT2D eigenvalue weighted by atomic mass is 10.2. The van der Waals surface area contributed by atoms with Crippen molar-refractivity contribution < 1.29 is 22.7 Å². The average Bonchev–Trinajstić information content (AvgIpc) is 2.75. The molecule has 5 nitrogen and oxygen atoms in total. The molecule has 1 aliphatic rings. The SMILES string of the molecule is N#Cc1ccc(NC(=O)CCC(F)(F)F)cc1.Nc1ccc(OC2=CCCC=C2)cc1. The highest BCUT2D eigenvalue weighted by Crippen LogP contribution is 2.22. The topological polar surface area (TPSA) is 88.1 Å². The Morgan fingerprint density at radius 3 is 2.32 bits per heavy atom. The van der Waals surface area contributed by atoms with E-state index in [-0.39, 0.29) is 0 Å². The van der Waals surface area contributed by atoms with E-state index in [4.69, 9.17) is 15.7 Å². The molecule has 3 rings (SSSR count). The summed E-state index contributed by atoms with van der Waals surface area (Å²) in [5, 5.41) is 10.8. The second-order valence-corrected chi connectivity index (χ2v) is 6.61. The molecule has 0 unspecified atom stereocenters. The van der Waals surface area contributed by atoms with E-state index >= 15 is 0 Å². The normalized spacial score (nSPS) is 12.6. The molecular formula is C23H22F3N3O2. The highest BCUT2D eigenvalue weighted by atomic mass is 19.4. The number of hydrogen-bond acceptors (Lipinski definition) is 4. The minimum Gasteiger partial charge on any atom is -0.458 e. The summed E-state index contributed by atoms with van der Waals surface area (Å²) in [4.78, 5) is 11.1. The number of nitriles is 1. The molecule has 0 atom stereocenters. The number of allylic oxidation sites excluding steroid dienone is 3. The first-order valence-electron chi connectivity index (χ1n) is 9.52. The van der Waals surface area contributed by atoms with E-state index < -0.39 is 24.9 Å². The Morgan fingerprint density at radius 1 is 1.10 bits per heavy atom. The van der Waals surface area contributed by atoms with Gasteiger partial charge in [0.2, 0.25) is 5.91 Å². The first-order chi connectivity index (χ1) is 14.7. The van der Waals surface area contributed by atoms with E-state index in [9.17, 15) is 18.0 Å². The van der Waals surface area contributed by atoms with E-state index in [1.165, 1.54) is 24.3 Å². The zero-order valence-electron chi connectivity index (χ0n) is 16.7. The molecule has 0 aliphatic heterocycles. The van der Waals surface area contributed by atoms with Crippen LogP contribution in [0, 0.1) is 11.3 Å². The van der Waals surface area contributed by atoms with Gasteiger partial charge in [0.1, 0.15) is 11.5 Å². The Morgan fingerprint density at radius 2 is 1.77 bits per heavy atom. The van der Waals surface area contributed by atoms with Gasteiger partial charge >= 0.3 is 6.18 Å². The Hall–Kier alpha value is -3.73. The molecule has 2 aromatic rings. The molecule has 1 amide bonds. The number of nitrogens with zero attached hydrogens (tertiary/aromatic N) is 1. The van der Waals surface area contributed by atoms with Crippen LogP contribution in [-0.4, -0.2) is 12.1 Å². The van der Waals surface area contributed by atoms with Crippen molar-refractivity contribution >= 4 is 17.3 Å². The first kappa shape index (κ1) is 23.5. The number of rotatable bonds is 5. The molecule has 0 heterocycles. The van der Waals surface area contributed by atoms with Gasteiger partial charge in [0.15, 0.2) is 0 Å². The van der Waals surface area contributed by atoms with E-state index in [0.717, 1.165) is 30.0 Å². The van der Waals surface area contributed by atoms with Gasteiger partial charge in [0.05, 0.1) is 18.1 Å². The summed E-state index contributed by atoms with van der Waals surface area (Å²) >= 11 is 0. The van der Waals surface area contributed by atoms with Crippen molar-refractivity contribution in [3.63, 3.8) is 0 Å². The maximum Gasteiger partial charge on any atom is 0.389 e. The Kier molecular flexibility index (Phi) is 8.70. The van der Waals surface area contributed by atoms with E-state index in [1.807, 2.05) is 36.4 Å². The van der Waals surface area contributed by atoms with Crippen LogP contribution < -0.4 is 15.8 Å². The Balaban J connectivity index is 0.000000224. The molecule has 162 valence electrons. The fraction of sp³-hybridized carbons (Fsp3) is 0.217. The number of nitrogens with one attached hydrogen (secondary N) is 1. The average molecular weight is 429 g/mol. The Bertz CT molecular complexity index is 958. The lowest BCUT2D eigenvalue weighted by molar-refractivity contribution is -0.142. The molecule has 3 N–H and O–H groups in total. The first-order valence-corrected chi connectivity index (χ1v) is 9.52. The van der Waals surface area contributed by atoms with Crippen LogP contribution in [0.5, 0.6) is 5.75 Å². The number of ether oxygens (including phenoxy) is 1. The predicted octanol–water partition coefficient (Wildman–Crippen LogP) is 5.72. The number of alkyl halides is 3. The standard InChI is InChI=1S/C12H13NO.C11H9F3N2O/c13-10-6-8-12(9-7-10)14-11-4-2-1-3-5-11;12-11(13,14)6-5-10(17)16-9-3-1-8(7-15)2-4-9/h2,4-9H,1,3,13H2;1-4H,5-6H2,(H,16,17). The highest BCUT2D eigenvalue weighted by molar-refractivity contribution is 5.90.